The molecule has 1 unspecified atom stereocenters. The van der Waals surface area contributed by atoms with E-state index in [0.717, 1.165) is 6.07 Å². The number of hydrogen-bond donors (Lipinski definition) is 1. The van der Waals surface area contributed by atoms with E-state index in [2.05, 4.69) is 10.1 Å². The summed E-state index contributed by atoms with van der Waals surface area (Å²) in [7, 11) is 1.20. The lowest BCUT2D eigenvalue weighted by atomic mass is 10.3. The molecule has 1 amide bonds. The van der Waals surface area contributed by atoms with Gasteiger partial charge in [0.05, 0.1) is 12.1 Å². The summed E-state index contributed by atoms with van der Waals surface area (Å²) in [6.07, 6.45) is 0. The maximum atomic E-state index is 12.8. The van der Waals surface area contributed by atoms with E-state index in [1.54, 1.807) is 0 Å². The van der Waals surface area contributed by atoms with E-state index in [1.165, 1.54) is 26.2 Å². The fourth-order valence-electron chi connectivity index (χ4n) is 1.32. The fourth-order valence-corrected chi connectivity index (χ4v) is 1.54. The third-order valence-electron chi connectivity index (χ3n) is 2.16. The second-order valence-corrected chi connectivity index (χ2v) is 4.07. The molecule has 1 aromatic rings. The van der Waals surface area contributed by atoms with Gasteiger partial charge < -0.3 is 14.8 Å². The highest BCUT2D eigenvalue weighted by Crippen LogP contribution is 2.24. The molecule has 7 heteroatoms. The molecule has 0 aliphatic heterocycles. The number of carbonyl (C=O) groups is 2. The van der Waals surface area contributed by atoms with Gasteiger partial charge in [0.25, 0.3) is 0 Å². The maximum Gasteiger partial charge on any atom is 0.331 e. The Kier molecular flexibility index (Phi) is 5.57. The van der Waals surface area contributed by atoms with E-state index >= 15 is 0 Å². The molecule has 0 heterocycles. The lowest BCUT2D eigenvalue weighted by Crippen LogP contribution is -2.44. The van der Waals surface area contributed by atoms with Gasteiger partial charge >= 0.3 is 5.97 Å². The van der Waals surface area contributed by atoms with Crippen LogP contribution in [0.25, 0.3) is 0 Å². The third kappa shape index (κ3) is 4.75. The normalized spacial score (nSPS) is 11.6. The summed E-state index contributed by atoms with van der Waals surface area (Å²) in [5.41, 5.74) is 0. The Bertz CT molecular complexity index is 481. The number of methoxy groups -OCH3 is 1. The summed E-state index contributed by atoms with van der Waals surface area (Å²) in [4.78, 5) is 22.3. The summed E-state index contributed by atoms with van der Waals surface area (Å²) in [5, 5.41) is 2.45. The molecule has 0 bridgehead atoms. The van der Waals surface area contributed by atoms with Crippen LogP contribution in [-0.4, -0.2) is 31.6 Å². The Morgan fingerprint density at radius 2 is 2.16 bits per heavy atom. The van der Waals surface area contributed by atoms with E-state index in [1.807, 2.05) is 0 Å². The van der Waals surface area contributed by atoms with Crippen LogP contribution >= 0.6 is 11.6 Å². The van der Waals surface area contributed by atoms with Crippen molar-refractivity contribution in [3.05, 3.63) is 29.0 Å². The first-order chi connectivity index (χ1) is 8.93. The van der Waals surface area contributed by atoms with Gasteiger partial charge in [0, 0.05) is 6.92 Å². The lowest BCUT2D eigenvalue weighted by molar-refractivity contribution is -0.145. The van der Waals surface area contributed by atoms with Gasteiger partial charge in [-0.1, -0.05) is 11.6 Å². The largest absolute Gasteiger partial charge is 0.489 e. The molecule has 104 valence electrons. The van der Waals surface area contributed by atoms with E-state index < -0.39 is 23.7 Å². The van der Waals surface area contributed by atoms with Crippen molar-refractivity contribution in [3.63, 3.8) is 0 Å². The van der Waals surface area contributed by atoms with Gasteiger partial charge in [0.2, 0.25) is 5.91 Å². The Morgan fingerprint density at radius 3 is 2.68 bits per heavy atom. The molecule has 0 fully saturated rings. The molecule has 0 aliphatic carbocycles. The number of halogens is 2. The van der Waals surface area contributed by atoms with Crippen LogP contribution < -0.4 is 10.1 Å². The number of esters is 1. The van der Waals surface area contributed by atoms with Crippen LogP contribution in [0, 0.1) is 5.82 Å². The number of carbonyl (C=O) groups excluding carboxylic acids is 2. The minimum absolute atomic E-state index is 0.0754. The molecule has 1 aromatic carbocycles. The molecule has 0 radical (unpaired) electrons. The molecule has 0 saturated carbocycles. The van der Waals surface area contributed by atoms with Crippen LogP contribution in [0.5, 0.6) is 5.75 Å². The quantitative estimate of drug-likeness (QED) is 0.835. The van der Waals surface area contributed by atoms with Gasteiger partial charge in [-0.05, 0) is 18.2 Å². The second-order valence-electron chi connectivity index (χ2n) is 3.66. The molecule has 1 atom stereocenters. The summed E-state index contributed by atoms with van der Waals surface area (Å²) in [5.74, 6) is -1.33. The Hall–Kier alpha value is -1.82. The molecule has 1 N–H and O–H groups in total. The predicted molar refractivity (Wildman–Crippen MR) is 66.5 cm³/mol. The zero-order valence-corrected chi connectivity index (χ0v) is 11.2. The number of ether oxygens (including phenoxy) is 2. The van der Waals surface area contributed by atoms with Crippen molar-refractivity contribution in [3.8, 4) is 5.75 Å². The topological polar surface area (TPSA) is 64.6 Å². The fraction of sp³-hybridized carbons (Fsp3) is 0.333. The van der Waals surface area contributed by atoms with E-state index in [0.29, 0.717) is 0 Å². The Balaban J connectivity index is 2.70. The van der Waals surface area contributed by atoms with Crippen LogP contribution in [-0.2, 0) is 14.3 Å². The highest BCUT2D eigenvalue weighted by atomic mass is 35.5. The molecular weight excluding hydrogens is 277 g/mol. The van der Waals surface area contributed by atoms with Crippen LogP contribution in [0.2, 0.25) is 5.02 Å². The summed E-state index contributed by atoms with van der Waals surface area (Å²) in [6.45, 7) is 1.10. The highest BCUT2D eigenvalue weighted by molar-refractivity contribution is 6.32. The van der Waals surface area contributed by atoms with Crippen molar-refractivity contribution in [2.45, 2.75) is 13.0 Å². The molecular formula is C12H13ClFNO4. The van der Waals surface area contributed by atoms with E-state index in [4.69, 9.17) is 16.3 Å². The Morgan fingerprint density at radius 1 is 1.47 bits per heavy atom. The number of rotatable bonds is 5. The number of amides is 1. The van der Waals surface area contributed by atoms with E-state index in [-0.39, 0.29) is 17.4 Å². The van der Waals surface area contributed by atoms with Gasteiger partial charge in [-0.3, -0.25) is 4.79 Å². The molecule has 0 spiro atoms. The van der Waals surface area contributed by atoms with Crippen molar-refractivity contribution < 1.29 is 23.5 Å². The van der Waals surface area contributed by atoms with Crippen molar-refractivity contribution in [2.24, 2.45) is 0 Å². The van der Waals surface area contributed by atoms with Gasteiger partial charge in [-0.25, -0.2) is 9.18 Å². The number of hydrogen-bond acceptors (Lipinski definition) is 4. The molecule has 0 aromatic heterocycles. The zero-order valence-electron chi connectivity index (χ0n) is 10.4. The molecule has 1 rings (SSSR count). The molecule has 19 heavy (non-hydrogen) atoms. The first kappa shape index (κ1) is 15.2. The monoisotopic (exact) mass is 289 g/mol. The predicted octanol–water partition coefficient (Wildman–Crippen LogP) is 1.54. The van der Waals surface area contributed by atoms with Crippen molar-refractivity contribution >= 4 is 23.5 Å². The van der Waals surface area contributed by atoms with Gasteiger partial charge in [0.15, 0.2) is 6.04 Å². The van der Waals surface area contributed by atoms with Crippen molar-refractivity contribution in [1.82, 2.24) is 5.32 Å². The van der Waals surface area contributed by atoms with Crippen LogP contribution in [0.4, 0.5) is 4.39 Å². The summed E-state index contributed by atoms with van der Waals surface area (Å²) >= 11 is 5.76. The molecule has 0 aliphatic rings. The number of nitrogens with one attached hydrogen (secondary N) is 1. The first-order valence-corrected chi connectivity index (χ1v) is 5.74. The summed E-state index contributed by atoms with van der Waals surface area (Å²) in [6, 6.07) is 2.64. The van der Waals surface area contributed by atoms with Gasteiger partial charge in [0.1, 0.15) is 18.2 Å². The molecule has 0 saturated heterocycles. The van der Waals surface area contributed by atoms with E-state index in [9.17, 15) is 14.0 Å². The Labute approximate surface area is 114 Å². The molecule has 5 nitrogen and oxygen atoms in total. The van der Waals surface area contributed by atoms with Gasteiger partial charge in [-0.15, -0.1) is 0 Å². The van der Waals surface area contributed by atoms with Crippen LogP contribution in [0.15, 0.2) is 18.2 Å². The highest BCUT2D eigenvalue weighted by Gasteiger charge is 2.21. The zero-order chi connectivity index (χ0) is 14.4. The number of benzene rings is 1. The smallest absolute Gasteiger partial charge is 0.331 e. The average Bonchev–Trinajstić information content (AvgIpc) is 2.34. The van der Waals surface area contributed by atoms with Crippen LogP contribution in [0.3, 0.4) is 0 Å². The first-order valence-electron chi connectivity index (χ1n) is 5.37. The SMILES string of the molecule is COC(=O)C(COc1ccc(F)cc1Cl)NC(C)=O. The average molecular weight is 290 g/mol. The van der Waals surface area contributed by atoms with Crippen molar-refractivity contribution in [1.29, 1.82) is 0 Å². The second kappa shape index (κ2) is 6.94. The minimum Gasteiger partial charge on any atom is -0.489 e. The maximum absolute atomic E-state index is 12.8. The summed E-state index contributed by atoms with van der Waals surface area (Å²) < 4.78 is 22.6. The van der Waals surface area contributed by atoms with Crippen molar-refractivity contribution in [2.75, 3.05) is 13.7 Å². The lowest BCUT2D eigenvalue weighted by Gasteiger charge is -2.16. The third-order valence-corrected chi connectivity index (χ3v) is 2.46. The standard InChI is InChI=1S/C12H13ClFNO4/c1-7(16)15-10(12(17)18-2)6-19-11-4-3-8(14)5-9(11)13/h3-5,10H,6H2,1-2H3,(H,15,16). The van der Waals surface area contributed by atoms with Gasteiger partial charge in [-0.2, -0.15) is 0 Å². The minimum atomic E-state index is -0.955. The van der Waals surface area contributed by atoms with Crippen LogP contribution in [0.1, 0.15) is 6.92 Å².